The van der Waals surface area contributed by atoms with Crippen molar-refractivity contribution in [3.05, 3.63) is 94.5 Å². The number of hydrogen-bond acceptors (Lipinski definition) is 4. The smallest absolute Gasteiger partial charge is 0.411 e. The summed E-state index contributed by atoms with van der Waals surface area (Å²) in [5.74, 6) is 0. The Morgan fingerprint density at radius 1 is 0.677 bits per heavy atom. The molecular weight excluding hydrogens is 392 g/mol. The summed E-state index contributed by atoms with van der Waals surface area (Å²) >= 11 is 0. The summed E-state index contributed by atoms with van der Waals surface area (Å²) < 4.78 is 10.5. The number of carbonyl (C=O) groups excluding carboxylic acids is 2. The molecule has 0 saturated heterocycles. The molecule has 6 heteroatoms. The van der Waals surface area contributed by atoms with E-state index in [-0.39, 0.29) is 13.2 Å². The normalized spacial score (nSPS) is 10.3. The van der Waals surface area contributed by atoms with Gasteiger partial charge in [0.15, 0.2) is 0 Å². The molecular formula is C25H26N2O4. The van der Waals surface area contributed by atoms with E-state index in [2.05, 4.69) is 10.6 Å². The van der Waals surface area contributed by atoms with Gasteiger partial charge in [-0.2, -0.15) is 0 Å². The summed E-state index contributed by atoms with van der Waals surface area (Å²) in [5.41, 5.74) is 5.99. The molecule has 2 N–H and O–H groups in total. The van der Waals surface area contributed by atoms with Crippen molar-refractivity contribution in [3.8, 4) is 0 Å². The summed E-state index contributed by atoms with van der Waals surface area (Å²) in [6.07, 6.45) is -1.14. The second kappa shape index (κ2) is 10.3. The summed E-state index contributed by atoms with van der Waals surface area (Å²) in [6.45, 7) is 6.20. The molecule has 0 aliphatic heterocycles. The molecule has 0 saturated carbocycles. The maximum Gasteiger partial charge on any atom is 0.411 e. The lowest BCUT2D eigenvalue weighted by molar-refractivity contribution is 0.154. The minimum atomic E-state index is -0.572. The molecule has 0 aromatic heterocycles. The highest BCUT2D eigenvalue weighted by Gasteiger charge is 2.10. The van der Waals surface area contributed by atoms with Crippen molar-refractivity contribution in [2.75, 3.05) is 10.6 Å². The van der Waals surface area contributed by atoms with Gasteiger partial charge >= 0.3 is 12.2 Å². The van der Waals surface area contributed by atoms with Gasteiger partial charge in [0.2, 0.25) is 0 Å². The maximum atomic E-state index is 12.2. The number of anilines is 2. The van der Waals surface area contributed by atoms with Crippen molar-refractivity contribution < 1.29 is 19.1 Å². The second-order valence-electron chi connectivity index (χ2n) is 7.40. The monoisotopic (exact) mass is 418 g/mol. The van der Waals surface area contributed by atoms with E-state index in [1.807, 2.05) is 69.3 Å². The predicted molar refractivity (Wildman–Crippen MR) is 121 cm³/mol. The molecule has 6 nitrogen and oxygen atoms in total. The molecule has 0 unspecified atom stereocenters. The molecule has 160 valence electrons. The Balaban J connectivity index is 1.52. The van der Waals surface area contributed by atoms with Gasteiger partial charge in [0.05, 0.1) is 0 Å². The number of hydrogen-bond donors (Lipinski definition) is 2. The molecule has 3 rings (SSSR count). The quantitative estimate of drug-likeness (QED) is 0.506. The lowest BCUT2D eigenvalue weighted by Crippen LogP contribution is -2.16. The zero-order valence-corrected chi connectivity index (χ0v) is 17.9. The van der Waals surface area contributed by atoms with Crippen LogP contribution in [0.1, 0.15) is 27.8 Å². The van der Waals surface area contributed by atoms with Crippen LogP contribution in [-0.2, 0) is 22.7 Å². The van der Waals surface area contributed by atoms with Gasteiger partial charge in [0, 0.05) is 11.4 Å². The van der Waals surface area contributed by atoms with E-state index >= 15 is 0 Å². The summed E-state index contributed by atoms with van der Waals surface area (Å²) in [4.78, 5) is 24.3. The zero-order chi connectivity index (χ0) is 22.2. The molecule has 3 aromatic carbocycles. The van der Waals surface area contributed by atoms with Gasteiger partial charge in [-0.3, -0.25) is 10.6 Å². The largest absolute Gasteiger partial charge is 0.444 e. The second-order valence-corrected chi connectivity index (χ2v) is 7.40. The minimum Gasteiger partial charge on any atom is -0.444 e. The highest BCUT2D eigenvalue weighted by molar-refractivity contribution is 5.89. The molecule has 2 amide bonds. The molecule has 31 heavy (non-hydrogen) atoms. The fourth-order valence-electron chi connectivity index (χ4n) is 2.80. The Hall–Kier alpha value is -3.80. The SMILES string of the molecule is Cc1ccc(COC(=O)Nc2ccc(C)c(NC(=O)OCc3ccc(C)cc3)c2)cc1. The Morgan fingerprint density at radius 3 is 1.68 bits per heavy atom. The van der Waals surface area contributed by atoms with Gasteiger partial charge in [0.25, 0.3) is 0 Å². The Morgan fingerprint density at radius 2 is 1.16 bits per heavy atom. The van der Waals surface area contributed by atoms with Crippen LogP contribution < -0.4 is 10.6 Å². The first-order chi connectivity index (χ1) is 14.9. The molecule has 0 bridgehead atoms. The number of ether oxygens (including phenoxy) is 2. The van der Waals surface area contributed by atoms with E-state index in [0.29, 0.717) is 11.4 Å². The van der Waals surface area contributed by atoms with Crippen LogP contribution in [0, 0.1) is 20.8 Å². The Bertz CT molecular complexity index is 1040. The Kier molecular flexibility index (Phi) is 7.27. The number of amides is 2. The van der Waals surface area contributed by atoms with Crippen LogP contribution in [0.15, 0.2) is 66.7 Å². The predicted octanol–water partition coefficient (Wildman–Crippen LogP) is 6.11. The van der Waals surface area contributed by atoms with Crippen molar-refractivity contribution in [2.45, 2.75) is 34.0 Å². The fraction of sp³-hybridized carbons (Fsp3) is 0.200. The van der Waals surface area contributed by atoms with E-state index in [4.69, 9.17) is 9.47 Å². The van der Waals surface area contributed by atoms with Crippen LogP contribution in [0.5, 0.6) is 0 Å². The number of benzene rings is 3. The zero-order valence-electron chi connectivity index (χ0n) is 17.9. The summed E-state index contributed by atoms with van der Waals surface area (Å²) in [6, 6.07) is 20.7. The van der Waals surface area contributed by atoms with Gasteiger partial charge in [0.1, 0.15) is 13.2 Å². The van der Waals surface area contributed by atoms with Gasteiger partial charge in [-0.1, -0.05) is 65.7 Å². The average Bonchev–Trinajstić information content (AvgIpc) is 2.75. The molecule has 3 aromatic rings. The number of nitrogens with one attached hydrogen (secondary N) is 2. The van der Waals surface area contributed by atoms with E-state index in [1.54, 1.807) is 18.2 Å². The van der Waals surface area contributed by atoms with Crippen molar-refractivity contribution in [2.24, 2.45) is 0 Å². The van der Waals surface area contributed by atoms with Crippen LogP contribution in [-0.4, -0.2) is 12.2 Å². The standard InChI is InChI=1S/C25H26N2O4/c1-17-4-9-20(10-5-17)15-30-24(28)26-22-13-8-19(3)23(14-22)27-25(29)31-16-21-11-6-18(2)7-12-21/h4-14H,15-16H2,1-3H3,(H,26,28)(H,27,29). The Labute approximate surface area is 182 Å². The van der Waals surface area contributed by atoms with E-state index in [9.17, 15) is 9.59 Å². The van der Waals surface area contributed by atoms with Crippen LogP contribution in [0.3, 0.4) is 0 Å². The van der Waals surface area contributed by atoms with Gasteiger partial charge in [-0.15, -0.1) is 0 Å². The third-order valence-electron chi connectivity index (χ3n) is 4.70. The topological polar surface area (TPSA) is 76.7 Å². The maximum absolute atomic E-state index is 12.2. The molecule has 0 atom stereocenters. The highest BCUT2D eigenvalue weighted by atomic mass is 16.6. The average molecular weight is 418 g/mol. The fourth-order valence-corrected chi connectivity index (χ4v) is 2.80. The molecule has 0 spiro atoms. The first-order valence-corrected chi connectivity index (χ1v) is 9.98. The third-order valence-corrected chi connectivity index (χ3v) is 4.70. The molecule has 0 aliphatic rings. The minimum absolute atomic E-state index is 0.175. The van der Waals surface area contributed by atoms with Crippen LogP contribution in [0.2, 0.25) is 0 Å². The number of rotatable bonds is 6. The van der Waals surface area contributed by atoms with Crippen molar-refractivity contribution >= 4 is 23.6 Å². The van der Waals surface area contributed by atoms with E-state index < -0.39 is 12.2 Å². The first kappa shape index (κ1) is 21.9. The molecule has 0 radical (unpaired) electrons. The van der Waals surface area contributed by atoms with Crippen molar-refractivity contribution in [1.29, 1.82) is 0 Å². The van der Waals surface area contributed by atoms with E-state index in [1.165, 1.54) is 0 Å². The molecule has 0 heterocycles. The molecule has 0 aliphatic carbocycles. The van der Waals surface area contributed by atoms with Crippen molar-refractivity contribution in [3.63, 3.8) is 0 Å². The summed E-state index contributed by atoms with van der Waals surface area (Å²) in [5, 5.41) is 5.39. The summed E-state index contributed by atoms with van der Waals surface area (Å²) in [7, 11) is 0. The lowest BCUT2D eigenvalue weighted by Gasteiger charge is -2.12. The number of aryl methyl sites for hydroxylation is 3. The van der Waals surface area contributed by atoms with Gasteiger partial charge in [-0.05, 0) is 49.6 Å². The van der Waals surface area contributed by atoms with Crippen LogP contribution in [0.25, 0.3) is 0 Å². The van der Waals surface area contributed by atoms with Crippen LogP contribution >= 0.6 is 0 Å². The lowest BCUT2D eigenvalue weighted by atomic mass is 10.2. The highest BCUT2D eigenvalue weighted by Crippen LogP contribution is 2.21. The number of carbonyl (C=O) groups is 2. The van der Waals surface area contributed by atoms with Crippen molar-refractivity contribution in [1.82, 2.24) is 0 Å². The van der Waals surface area contributed by atoms with Gasteiger partial charge in [-0.25, -0.2) is 9.59 Å². The third kappa shape index (κ3) is 6.89. The molecule has 0 fully saturated rings. The van der Waals surface area contributed by atoms with Gasteiger partial charge < -0.3 is 9.47 Å². The first-order valence-electron chi connectivity index (χ1n) is 9.98. The van der Waals surface area contributed by atoms with E-state index in [0.717, 1.165) is 27.8 Å². The van der Waals surface area contributed by atoms with Crippen LogP contribution in [0.4, 0.5) is 21.0 Å².